The van der Waals surface area contributed by atoms with Gasteiger partial charge in [-0.1, -0.05) is 296 Å². The average molecular weight is 839 g/mol. The molecule has 0 bridgehead atoms. The number of unbranched alkanes of at least 4 members (excludes halogenated alkanes) is 42. The zero-order chi connectivity index (χ0) is 43.1. The highest BCUT2D eigenvalue weighted by Gasteiger charge is 2.19. The largest absolute Gasteiger partial charge is 0.462 e. The molecule has 0 atom stereocenters. The lowest BCUT2D eigenvalue weighted by atomic mass is 10.0. The second kappa shape index (κ2) is 46.7. The molecule has 0 radical (unpaired) electrons. The minimum absolute atomic E-state index is 0.315. The molecule has 0 N–H and O–H groups in total. The van der Waals surface area contributed by atoms with E-state index >= 15 is 0 Å². The van der Waals surface area contributed by atoms with E-state index in [1.54, 1.807) is 24.3 Å². The molecule has 0 spiro atoms. The Morgan fingerprint density at radius 2 is 0.450 bits per heavy atom. The van der Waals surface area contributed by atoms with Crippen LogP contribution in [0.3, 0.4) is 0 Å². The summed E-state index contributed by atoms with van der Waals surface area (Å²) in [6, 6.07) is 6.92. The molecule has 1 aromatic carbocycles. The molecule has 350 valence electrons. The van der Waals surface area contributed by atoms with Crippen LogP contribution in [0, 0.1) is 0 Å². The van der Waals surface area contributed by atoms with Crippen LogP contribution in [0.1, 0.15) is 317 Å². The Kier molecular flexibility index (Phi) is 43.7. The molecule has 1 aromatic rings. The van der Waals surface area contributed by atoms with Crippen molar-refractivity contribution in [1.29, 1.82) is 0 Å². The topological polar surface area (TPSA) is 52.6 Å². The third-order valence-corrected chi connectivity index (χ3v) is 12.8. The van der Waals surface area contributed by atoms with E-state index in [1.165, 1.54) is 257 Å². The number of hydrogen-bond acceptors (Lipinski definition) is 4. The van der Waals surface area contributed by atoms with Crippen molar-refractivity contribution in [2.24, 2.45) is 0 Å². The normalized spacial score (nSPS) is 11.4. The van der Waals surface area contributed by atoms with Crippen molar-refractivity contribution in [1.82, 2.24) is 0 Å². The monoisotopic (exact) mass is 839 g/mol. The van der Waals surface area contributed by atoms with Gasteiger partial charge in [-0.15, -0.1) is 0 Å². The maximum absolute atomic E-state index is 12.8. The maximum Gasteiger partial charge on any atom is 0.339 e. The van der Waals surface area contributed by atoms with Crippen LogP contribution in [0.25, 0.3) is 0 Å². The van der Waals surface area contributed by atoms with Gasteiger partial charge in [-0.2, -0.15) is 0 Å². The van der Waals surface area contributed by atoms with Crippen molar-refractivity contribution >= 4 is 11.9 Å². The quantitative estimate of drug-likeness (QED) is 0.0485. The maximum atomic E-state index is 12.8. The molecule has 0 aliphatic heterocycles. The van der Waals surface area contributed by atoms with Crippen molar-refractivity contribution in [2.45, 2.75) is 296 Å². The van der Waals surface area contributed by atoms with Crippen LogP contribution < -0.4 is 0 Å². The SMILES string of the molecule is CCCCCCCCCCCCCCCCCCCCCCCCOC(=O)c1ccccc1C(=O)OCCCCCCCCCCCCCCCCCCCCCCCC. The Morgan fingerprint density at radius 1 is 0.283 bits per heavy atom. The van der Waals surface area contributed by atoms with Gasteiger partial charge in [-0.05, 0) is 25.0 Å². The zero-order valence-electron chi connectivity index (χ0n) is 40.5. The van der Waals surface area contributed by atoms with Gasteiger partial charge in [0.2, 0.25) is 0 Å². The summed E-state index contributed by atoms with van der Waals surface area (Å²) in [5, 5.41) is 0. The summed E-state index contributed by atoms with van der Waals surface area (Å²) < 4.78 is 11.1. The van der Waals surface area contributed by atoms with E-state index in [0.29, 0.717) is 24.3 Å². The molecule has 4 heteroatoms. The number of carbonyl (C=O) groups is 2. The summed E-state index contributed by atoms with van der Waals surface area (Å²) in [7, 11) is 0. The van der Waals surface area contributed by atoms with Gasteiger partial charge < -0.3 is 9.47 Å². The molecule has 4 nitrogen and oxygen atoms in total. The van der Waals surface area contributed by atoms with Gasteiger partial charge in [0.1, 0.15) is 0 Å². The zero-order valence-corrected chi connectivity index (χ0v) is 40.5. The molecule has 60 heavy (non-hydrogen) atoms. The molecule has 0 amide bonds. The number of ether oxygens (including phenoxy) is 2. The number of rotatable bonds is 48. The number of esters is 2. The highest BCUT2D eigenvalue weighted by Crippen LogP contribution is 2.18. The van der Waals surface area contributed by atoms with Crippen molar-refractivity contribution in [3.05, 3.63) is 35.4 Å². The van der Waals surface area contributed by atoms with Crippen LogP contribution in [-0.4, -0.2) is 25.2 Å². The van der Waals surface area contributed by atoms with Gasteiger partial charge in [0.25, 0.3) is 0 Å². The van der Waals surface area contributed by atoms with E-state index in [0.717, 1.165) is 25.7 Å². The molecule has 1 rings (SSSR count). The Morgan fingerprint density at radius 3 is 0.633 bits per heavy atom. The van der Waals surface area contributed by atoms with Crippen LogP contribution in [0.4, 0.5) is 0 Å². The summed E-state index contributed by atoms with van der Waals surface area (Å²) in [6.07, 6.45) is 59.7. The highest BCUT2D eigenvalue weighted by atomic mass is 16.5. The minimum atomic E-state index is -0.421. The number of carbonyl (C=O) groups excluding carboxylic acids is 2. The van der Waals surface area contributed by atoms with E-state index in [4.69, 9.17) is 9.47 Å². The van der Waals surface area contributed by atoms with Crippen LogP contribution >= 0.6 is 0 Å². The fraction of sp³-hybridized carbons (Fsp3) is 0.857. The fourth-order valence-corrected chi connectivity index (χ4v) is 8.75. The second-order valence-electron chi connectivity index (χ2n) is 18.7. The fourth-order valence-electron chi connectivity index (χ4n) is 8.75. The van der Waals surface area contributed by atoms with E-state index < -0.39 is 11.9 Å². The first-order chi connectivity index (χ1) is 29.7. The second-order valence-corrected chi connectivity index (χ2v) is 18.7. The standard InChI is InChI=1S/C56H102O4/c1-3-5-7-9-11-13-15-17-19-21-23-25-27-29-31-33-35-37-39-41-43-47-51-59-55(57)53-49-45-46-50-54(53)56(58)60-52-48-44-42-40-38-36-34-32-30-28-26-24-22-20-18-16-14-12-10-8-6-4-2/h45-46,49-50H,3-44,47-48,51-52H2,1-2H3. The average Bonchev–Trinajstić information content (AvgIpc) is 3.26. The lowest BCUT2D eigenvalue weighted by molar-refractivity contribution is 0.0450. The summed E-state index contributed by atoms with van der Waals surface area (Å²) in [4.78, 5) is 25.7. The summed E-state index contributed by atoms with van der Waals surface area (Å²) in [5.74, 6) is -0.842. The van der Waals surface area contributed by atoms with Crippen molar-refractivity contribution in [3.8, 4) is 0 Å². The van der Waals surface area contributed by atoms with Crippen LogP contribution in [-0.2, 0) is 9.47 Å². The highest BCUT2D eigenvalue weighted by molar-refractivity contribution is 6.03. The van der Waals surface area contributed by atoms with Crippen molar-refractivity contribution < 1.29 is 19.1 Å². The summed E-state index contributed by atoms with van der Waals surface area (Å²) >= 11 is 0. The molecule has 0 aliphatic rings. The van der Waals surface area contributed by atoms with Gasteiger partial charge in [-0.25, -0.2) is 9.59 Å². The Bertz CT molecular complexity index is 955. The molecule has 0 heterocycles. The third-order valence-electron chi connectivity index (χ3n) is 12.8. The molecule has 0 fully saturated rings. The van der Waals surface area contributed by atoms with E-state index in [2.05, 4.69) is 13.8 Å². The van der Waals surface area contributed by atoms with Crippen molar-refractivity contribution in [2.75, 3.05) is 13.2 Å². The lowest BCUT2D eigenvalue weighted by Gasteiger charge is -2.10. The Hall–Kier alpha value is -1.84. The molecular weight excluding hydrogens is 737 g/mol. The minimum Gasteiger partial charge on any atom is -0.462 e. The van der Waals surface area contributed by atoms with Crippen LogP contribution in [0.5, 0.6) is 0 Å². The lowest BCUT2D eigenvalue weighted by Crippen LogP contribution is -2.15. The van der Waals surface area contributed by atoms with Crippen molar-refractivity contribution in [3.63, 3.8) is 0 Å². The predicted octanol–water partition coefficient (Wildman–Crippen LogP) is 19.2. The van der Waals surface area contributed by atoms with E-state index in [9.17, 15) is 9.59 Å². The summed E-state index contributed by atoms with van der Waals surface area (Å²) in [5.41, 5.74) is 0.630. The van der Waals surface area contributed by atoms with Gasteiger partial charge in [-0.3, -0.25) is 0 Å². The third kappa shape index (κ3) is 37.9. The summed E-state index contributed by atoms with van der Waals surface area (Å²) in [6.45, 7) is 5.40. The van der Waals surface area contributed by atoms with Gasteiger partial charge in [0.15, 0.2) is 0 Å². The van der Waals surface area contributed by atoms with E-state index in [1.807, 2.05) is 0 Å². The van der Waals surface area contributed by atoms with Gasteiger partial charge >= 0.3 is 11.9 Å². The van der Waals surface area contributed by atoms with Gasteiger partial charge in [0, 0.05) is 0 Å². The molecule has 0 aliphatic carbocycles. The molecule has 0 saturated carbocycles. The Labute approximate surface area is 374 Å². The smallest absolute Gasteiger partial charge is 0.339 e. The molecule has 0 saturated heterocycles. The first-order valence-corrected chi connectivity index (χ1v) is 27.1. The van der Waals surface area contributed by atoms with Crippen LogP contribution in [0.2, 0.25) is 0 Å². The molecule has 0 unspecified atom stereocenters. The molecule has 0 aromatic heterocycles. The van der Waals surface area contributed by atoms with Crippen LogP contribution in [0.15, 0.2) is 24.3 Å². The van der Waals surface area contributed by atoms with Gasteiger partial charge in [0.05, 0.1) is 24.3 Å². The number of hydrogen-bond donors (Lipinski definition) is 0. The first kappa shape index (κ1) is 56.2. The number of benzene rings is 1. The predicted molar refractivity (Wildman–Crippen MR) is 262 cm³/mol. The van der Waals surface area contributed by atoms with E-state index in [-0.39, 0.29) is 0 Å². The Balaban J connectivity index is 1.90. The molecular formula is C56H102O4. The first-order valence-electron chi connectivity index (χ1n) is 27.1.